The van der Waals surface area contributed by atoms with Crippen molar-refractivity contribution in [1.29, 1.82) is 0 Å². The molecule has 1 rings (SSSR count). The monoisotopic (exact) mass is 326 g/mol. The van der Waals surface area contributed by atoms with Crippen molar-refractivity contribution in [3.05, 3.63) is 24.3 Å². The smallest absolute Gasteiger partial charge is 0.238 e. The highest BCUT2D eigenvalue weighted by atomic mass is 32.2. The first-order valence-electron chi connectivity index (χ1n) is 7.43. The van der Waals surface area contributed by atoms with E-state index in [1.807, 2.05) is 0 Å². The van der Waals surface area contributed by atoms with Gasteiger partial charge in [-0.05, 0) is 44.0 Å². The first-order chi connectivity index (χ1) is 10.1. The van der Waals surface area contributed by atoms with Crippen molar-refractivity contribution in [2.75, 3.05) is 24.7 Å². The second-order valence-electron chi connectivity index (χ2n) is 6.26. The van der Waals surface area contributed by atoms with Gasteiger partial charge in [-0.15, -0.1) is 0 Å². The number of hydrogen-bond acceptors (Lipinski definition) is 4. The summed E-state index contributed by atoms with van der Waals surface area (Å²) in [6.45, 7) is 9.56. The number of rotatable bonds is 7. The Balaban J connectivity index is 2.68. The molecular weight excluding hydrogens is 300 g/mol. The van der Waals surface area contributed by atoms with Crippen molar-refractivity contribution in [3.63, 3.8) is 0 Å². The van der Waals surface area contributed by atoms with Crippen LogP contribution in [-0.4, -0.2) is 44.6 Å². The minimum Gasteiger partial charge on any atom is -0.325 e. The van der Waals surface area contributed by atoms with E-state index in [1.54, 1.807) is 12.1 Å². The Labute approximate surface area is 133 Å². The van der Waals surface area contributed by atoms with Crippen LogP contribution in [0.1, 0.15) is 27.7 Å². The number of amides is 1. The molecule has 0 heterocycles. The van der Waals surface area contributed by atoms with Gasteiger partial charge in [-0.2, -0.15) is 0 Å². The average molecular weight is 326 g/mol. The Morgan fingerprint density at radius 1 is 1.14 bits per heavy atom. The van der Waals surface area contributed by atoms with E-state index in [1.165, 1.54) is 12.1 Å². The van der Waals surface area contributed by atoms with Crippen LogP contribution < -0.4 is 5.32 Å². The van der Waals surface area contributed by atoms with Gasteiger partial charge in [0.25, 0.3) is 0 Å². The quantitative estimate of drug-likeness (QED) is 0.835. The fraction of sp³-hybridized carbons (Fsp3) is 0.562. The lowest BCUT2D eigenvalue weighted by Gasteiger charge is -2.27. The summed E-state index contributed by atoms with van der Waals surface area (Å²) in [6.07, 6.45) is 1.16. The molecule has 1 aromatic carbocycles. The second kappa shape index (κ2) is 7.74. The van der Waals surface area contributed by atoms with Crippen LogP contribution in [0.15, 0.2) is 29.2 Å². The molecule has 6 heteroatoms. The molecule has 0 aromatic heterocycles. The van der Waals surface area contributed by atoms with Gasteiger partial charge in [-0.1, -0.05) is 13.8 Å². The molecule has 1 amide bonds. The number of carbonyl (C=O) groups excluding carboxylic acids is 1. The fourth-order valence-corrected chi connectivity index (χ4v) is 2.73. The molecule has 0 unspecified atom stereocenters. The molecule has 0 radical (unpaired) electrons. The van der Waals surface area contributed by atoms with E-state index in [0.717, 1.165) is 12.8 Å². The van der Waals surface area contributed by atoms with Crippen LogP contribution in [0.5, 0.6) is 0 Å². The summed E-state index contributed by atoms with van der Waals surface area (Å²) in [5.74, 6) is 0.394. The van der Waals surface area contributed by atoms with E-state index in [-0.39, 0.29) is 10.8 Å². The van der Waals surface area contributed by atoms with Crippen LogP contribution in [0.2, 0.25) is 0 Å². The molecule has 0 atom stereocenters. The van der Waals surface area contributed by atoms with Crippen molar-refractivity contribution >= 4 is 21.4 Å². The molecule has 22 heavy (non-hydrogen) atoms. The standard InChI is InChI=1S/C16H26N2O3S/c1-12(2)10-18(13(3)4)11-16(19)17-14-6-8-15(9-7-14)22(5,20)21/h6-9,12-13H,10-11H2,1-5H3,(H,17,19). The molecule has 0 saturated heterocycles. The van der Waals surface area contributed by atoms with Crippen molar-refractivity contribution in [1.82, 2.24) is 4.90 Å². The van der Waals surface area contributed by atoms with E-state index in [0.29, 0.717) is 24.2 Å². The van der Waals surface area contributed by atoms with Crippen LogP contribution in [0.3, 0.4) is 0 Å². The number of anilines is 1. The van der Waals surface area contributed by atoms with Gasteiger partial charge in [0, 0.05) is 24.5 Å². The summed E-state index contributed by atoms with van der Waals surface area (Å²) >= 11 is 0. The topological polar surface area (TPSA) is 66.5 Å². The van der Waals surface area contributed by atoms with Crippen LogP contribution in [-0.2, 0) is 14.6 Å². The minimum atomic E-state index is -3.21. The van der Waals surface area contributed by atoms with Crippen LogP contribution in [0.4, 0.5) is 5.69 Å². The maximum Gasteiger partial charge on any atom is 0.238 e. The summed E-state index contributed by atoms with van der Waals surface area (Å²) in [6, 6.07) is 6.51. The normalized spacial score (nSPS) is 12.2. The number of sulfone groups is 1. The summed E-state index contributed by atoms with van der Waals surface area (Å²) < 4.78 is 22.8. The van der Waals surface area contributed by atoms with Crippen LogP contribution in [0, 0.1) is 5.92 Å². The van der Waals surface area contributed by atoms with Crippen molar-refractivity contribution in [2.24, 2.45) is 5.92 Å². The Morgan fingerprint density at radius 2 is 1.68 bits per heavy atom. The minimum absolute atomic E-state index is 0.0959. The summed E-state index contributed by atoms with van der Waals surface area (Å²) in [4.78, 5) is 14.5. The third-order valence-corrected chi connectivity index (χ3v) is 4.37. The number of nitrogens with zero attached hydrogens (tertiary/aromatic N) is 1. The molecule has 0 aliphatic rings. The Hall–Kier alpha value is -1.40. The largest absolute Gasteiger partial charge is 0.325 e. The van der Waals surface area contributed by atoms with E-state index in [4.69, 9.17) is 0 Å². The fourth-order valence-electron chi connectivity index (χ4n) is 2.10. The molecule has 5 nitrogen and oxygen atoms in total. The molecular formula is C16H26N2O3S. The first-order valence-corrected chi connectivity index (χ1v) is 9.32. The highest BCUT2D eigenvalue weighted by Gasteiger charge is 2.15. The number of carbonyl (C=O) groups is 1. The highest BCUT2D eigenvalue weighted by Crippen LogP contribution is 2.14. The summed E-state index contributed by atoms with van der Waals surface area (Å²) in [7, 11) is -3.21. The third kappa shape index (κ3) is 6.15. The van der Waals surface area contributed by atoms with Gasteiger partial charge in [0.05, 0.1) is 11.4 Å². The van der Waals surface area contributed by atoms with Crippen molar-refractivity contribution < 1.29 is 13.2 Å². The zero-order chi connectivity index (χ0) is 16.9. The second-order valence-corrected chi connectivity index (χ2v) is 8.28. The van der Waals surface area contributed by atoms with Gasteiger partial charge in [0.1, 0.15) is 0 Å². The maximum atomic E-state index is 12.1. The van der Waals surface area contributed by atoms with Crippen LogP contribution in [0.25, 0.3) is 0 Å². The molecule has 1 aromatic rings. The van der Waals surface area contributed by atoms with E-state index >= 15 is 0 Å². The zero-order valence-electron chi connectivity index (χ0n) is 14.0. The number of nitrogens with one attached hydrogen (secondary N) is 1. The lowest BCUT2D eigenvalue weighted by atomic mass is 10.2. The zero-order valence-corrected chi connectivity index (χ0v) is 14.8. The van der Waals surface area contributed by atoms with Crippen molar-refractivity contribution in [3.8, 4) is 0 Å². The molecule has 0 saturated carbocycles. The molecule has 124 valence electrons. The van der Waals surface area contributed by atoms with E-state index in [2.05, 4.69) is 37.9 Å². The Bertz CT molecular complexity index is 592. The van der Waals surface area contributed by atoms with Gasteiger partial charge in [-0.25, -0.2) is 8.42 Å². The van der Waals surface area contributed by atoms with Gasteiger partial charge >= 0.3 is 0 Å². The maximum absolute atomic E-state index is 12.1. The van der Waals surface area contributed by atoms with E-state index in [9.17, 15) is 13.2 Å². The molecule has 1 N–H and O–H groups in total. The number of benzene rings is 1. The molecule has 0 aliphatic carbocycles. The van der Waals surface area contributed by atoms with Gasteiger partial charge < -0.3 is 5.32 Å². The highest BCUT2D eigenvalue weighted by molar-refractivity contribution is 7.90. The first kappa shape index (κ1) is 18.6. The molecule has 0 fully saturated rings. The number of hydrogen-bond donors (Lipinski definition) is 1. The SMILES string of the molecule is CC(C)CN(CC(=O)Nc1ccc(S(C)(=O)=O)cc1)C(C)C. The Kier molecular flexibility index (Phi) is 6.56. The summed E-state index contributed by atoms with van der Waals surface area (Å²) in [5.41, 5.74) is 0.602. The van der Waals surface area contributed by atoms with Gasteiger partial charge in [0.15, 0.2) is 9.84 Å². The van der Waals surface area contributed by atoms with Crippen LogP contribution >= 0.6 is 0 Å². The third-order valence-electron chi connectivity index (χ3n) is 3.24. The predicted octanol–water partition coefficient (Wildman–Crippen LogP) is 2.40. The van der Waals surface area contributed by atoms with E-state index < -0.39 is 9.84 Å². The Morgan fingerprint density at radius 3 is 2.09 bits per heavy atom. The average Bonchev–Trinajstić information content (AvgIpc) is 2.36. The molecule has 0 spiro atoms. The lowest BCUT2D eigenvalue weighted by molar-refractivity contribution is -0.117. The predicted molar refractivity (Wildman–Crippen MR) is 89.7 cm³/mol. The van der Waals surface area contributed by atoms with Gasteiger partial charge in [0.2, 0.25) is 5.91 Å². The summed E-state index contributed by atoms with van der Waals surface area (Å²) in [5, 5.41) is 2.80. The molecule has 0 bridgehead atoms. The van der Waals surface area contributed by atoms with Gasteiger partial charge in [-0.3, -0.25) is 9.69 Å². The lowest BCUT2D eigenvalue weighted by Crippen LogP contribution is -2.40. The van der Waals surface area contributed by atoms with Crippen molar-refractivity contribution in [2.45, 2.75) is 38.6 Å². The molecule has 0 aliphatic heterocycles.